The van der Waals surface area contributed by atoms with E-state index in [0.29, 0.717) is 0 Å². The second kappa shape index (κ2) is 4.23. The monoisotopic (exact) mass is 226 g/mol. The molecular weight excluding hydrogens is 216 g/mol. The molecule has 1 heterocycles. The van der Waals surface area contributed by atoms with Gasteiger partial charge in [0.25, 0.3) is 5.69 Å². The highest BCUT2D eigenvalue weighted by atomic mass is 16.6. The number of nitrogens with zero attached hydrogens (tertiary/aromatic N) is 2. The van der Waals surface area contributed by atoms with Crippen LogP contribution in [0.5, 0.6) is 0 Å². The van der Waals surface area contributed by atoms with Crippen molar-refractivity contribution in [1.82, 2.24) is 4.98 Å². The first kappa shape index (κ1) is 12.1. The summed E-state index contributed by atoms with van der Waals surface area (Å²) in [6.45, 7) is 1.14. The number of pyridine rings is 1. The van der Waals surface area contributed by atoms with Crippen molar-refractivity contribution in [2.45, 2.75) is 18.9 Å². The molecule has 7 nitrogen and oxygen atoms in total. The van der Waals surface area contributed by atoms with Crippen LogP contribution in [0.25, 0.3) is 0 Å². The number of carboxylic acids is 1. The molecule has 0 aliphatic heterocycles. The lowest BCUT2D eigenvalue weighted by Crippen LogP contribution is -2.37. The Morgan fingerprint density at radius 1 is 1.62 bits per heavy atom. The molecule has 0 saturated carbocycles. The summed E-state index contributed by atoms with van der Waals surface area (Å²) in [7, 11) is 0. The van der Waals surface area contributed by atoms with Gasteiger partial charge in [0.2, 0.25) is 0 Å². The highest BCUT2D eigenvalue weighted by Gasteiger charge is 2.30. The maximum Gasteiger partial charge on any atom is 0.335 e. The smallest absolute Gasteiger partial charge is 0.335 e. The van der Waals surface area contributed by atoms with Crippen molar-refractivity contribution in [3.8, 4) is 0 Å². The number of aliphatic carboxylic acids is 1. The zero-order chi connectivity index (χ0) is 12.3. The highest BCUT2D eigenvalue weighted by molar-refractivity contribution is 5.76. The highest BCUT2D eigenvalue weighted by Crippen LogP contribution is 2.14. The van der Waals surface area contributed by atoms with Crippen LogP contribution >= 0.6 is 0 Å². The van der Waals surface area contributed by atoms with E-state index >= 15 is 0 Å². The van der Waals surface area contributed by atoms with E-state index < -0.39 is 16.5 Å². The molecule has 0 aliphatic rings. The van der Waals surface area contributed by atoms with Gasteiger partial charge in [0, 0.05) is 18.2 Å². The number of nitro groups is 1. The molecule has 0 radical (unpaired) electrons. The molecule has 1 aromatic rings. The van der Waals surface area contributed by atoms with E-state index in [1.165, 1.54) is 12.1 Å². The van der Waals surface area contributed by atoms with Crippen molar-refractivity contribution < 1.29 is 19.9 Å². The summed E-state index contributed by atoms with van der Waals surface area (Å²) in [6.07, 6.45) is 0.813. The average molecular weight is 226 g/mol. The summed E-state index contributed by atoms with van der Waals surface area (Å²) < 4.78 is 0. The molecular formula is C9H10N2O5. The molecule has 7 heteroatoms. The van der Waals surface area contributed by atoms with Gasteiger partial charge in [0.15, 0.2) is 5.60 Å². The normalized spacial score (nSPS) is 14.1. The van der Waals surface area contributed by atoms with Crippen LogP contribution in [0, 0.1) is 10.1 Å². The van der Waals surface area contributed by atoms with Gasteiger partial charge >= 0.3 is 5.97 Å². The molecule has 0 aromatic carbocycles. The maximum absolute atomic E-state index is 10.6. The van der Waals surface area contributed by atoms with Gasteiger partial charge in [-0.1, -0.05) is 0 Å². The van der Waals surface area contributed by atoms with E-state index in [1.807, 2.05) is 0 Å². The molecule has 0 bridgehead atoms. The first-order valence-electron chi connectivity index (χ1n) is 4.38. The molecule has 86 valence electrons. The zero-order valence-corrected chi connectivity index (χ0v) is 8.45. The molecule has 0 amide bonds. The predicted molar refractivity (Wildman–Crippen MR) is 52.9 cm³/mol. The van der Waals surface area contributed by atoms with Gasteiger partial charge in [0.05, 0.1) is 4.92 Å². The van der Waals surface area contributed by atoms with Crippen LogP contribution < -0.4 is 0 Å². The second-order valence-corrected chi connectivity index (χ2v) is 3.52. The number of aromatic nitrogens is 1. The summed E-state index contributed by atoms with van der Waals surface area (Å²) in [6, 6.07) is 2.52. The Bertz CT molecular complexity index is 412. The quantitative estimate of drug-likeness (QED) is 0.566. The molecule has 0 aliphatic carbocycles. The molecule has 1 aromatic heterocycles. The van der Waals surface area contributed by atoms with E-state index in [-0.39, 0.29) is 17.8 Å². The first-order chi connectivity index (χ1) is 7.33. The minimum atomic E-state index is -1.93. The van der Waals surface area contributed by atoms with Gasteiger partial charge in [-0.15, -0.1) is 0 Å². The number of hydrogen-bond donors (Lipinski definition) is 2. The minimum absolute atomic E-state index is 0.182. The lowest BCUT2D eigenvalue weighted by molar-refractivity contribution is -0.385. The molecule has 1 unspecified atom stereocenters. The molecule has 0 spiro atoms. The average Bonchev–Trinajstić information content (AvgIpc) is 2.17. The van der Waals surface area contributed by atoms with Gasteiger partial charge in [-0.05, 0) is 13.0 Å². The Hall–Kier alpha value is -2.02. The third-order valence-electron chi connectivity index (χ3n) is 2.01. The van der Waals surface area contributed by atoms with E-state index in [2.05, 4.69) is 4.98 Å². The van der Waals surface area contributed by atoms with Crippen molar-refractivity contribution in [3.63, 3.8) is 0 Å². The number of rotatable bonds is 4. The van der Waals surface area contributed by atoms with Gasteiger partial charge < -0.3 is 10.2 Å². The van der Waals surface area contributed by atoms with E-state index in [9.17, 15) is 20.0 Å². The van der Waals surface area contributed by atoms with Crippen LogP contribution in [0.1, 0.15) is 12.6 Å². The number of carbonyl (C=O) groups is 1. The maximum atomic E-state index is 10.6. The predicted octanol–water partition coefficient (Wildman–Crippen LogP) is 0.368. The van der Waals surface area contributed by atoms with Crippen molar-refractivity contribution in [3.05, 3.63) is 34.1 Å². The zero-order valence-electron chi connectivity index (χ0n) is 8.45. The molecule has 1 rings (SSSR count). The fraction of sp³-hybridized carbons (Fsp3) is 0.333. The summed E-state index contributed by atoms with van der Waals surface area (Å²) in [5, 5.41) is 28.4. The third kappa shape index (κ3) is 2.74. The summed E-state index contributed by atoms with van der Waals surface area (Å²) in [5.74, 6) is -1.37. The van der Waals surface area contributed by atoms with Crippen molar-refractivity contribution in [2.24, 2.45) is 0 Å². The van der Waals surface area contributed by atoms with E-state index in [4.69, 9.17) is 5.11 Å². The Labute approximate surface area is 90.5 Å². The Balaban J connectivity index is 2.84. The van der Waals surface area contributed by atoms with Crippen LogP contribution in [0.3, 0.4) is 0 Å². The molecule has 0 fully saturated rings. The molecule has 0 saturated heterocycles. The first-order valence-corrected chi connectivity index (χ1v) is 4.38. The fourth-order valence-electron chi connectivity index (χ4n) is 1.06. The Kier molecular flexibility index (Phi) is 3.19. The molecule has 2 N–H and O–H groups in total. The van der Waals surface area contributed by atoms with Gasteiger partial charge in [-0.25, -0.2) is 4.79 Å². The summed E-state index contributed by atoms with van der Waals surface area (Å²) in [5.41, 5.74) is -1.83. The van der Waals surface area contributed by atoms with Crippen LogP contribution in [0.15, 0.2) is 18.3 Å². The van der Waals surface area contributed by atoms with Crippen molar-refractivity contribution >= 4 is 11.7 Å². The van der Waals surface area contributed by atoms with E-state index in [0.717, 1.165) is 13.1 Å². The van der Waals surface area contributed by atoms with Gasteiger partial charge in [-0.3, -0.25) is 15.1 Å². The van der Waals surface area contributed by atoms with Crippen molar-refractivity contribution in [1.29, 1.82) is 0 Å². The van der Waals surface area contributed by atoms with Crippen LogP contribution in [0.4, 0.5) is 5.69 Å². The van der Waals surface area contributed by atoms with Crippen LogP contribution in [-0.4, -0.2) is 31.7 Å². The molecule has 1 atom stereocenters. The lowest BCUT2D eigenvalue weighted by Gasteiger charge is -2.16. The van der Waals surface area contributed by atoms with Crippen molar-refractivity contribution in [2.75, 3.05) is 0 Å². The number of aliphatic hydroxyl groups is 1. The fourth-order valence-corrected chi connectivity index (χ4v) is 1.06. The number of carboxylic acid groups (broad SMARTS) is 1. The minimum Gasteiger partial charge on any atom is -0.479 e. The third-order valence-corrected chi connectivity index (χ3v) is 2.01. The SMILES string of the molecule is CC(O)(Cc1ccc([N+](=O)[O-])cn1)C(=O)O. The lowest BCUT2D eigenvalue weighted by atomic mass is 10.0. The van der Waals surface area contributed by atoms with Crippen LogP contribution in [0.2, 0.25) is 0 Å². The van der Waals surface area contributed by atoms with Crippen LogP contribution in [-0.2, 0) is 11.2 Å². The summed E-state index contributed by atoms with van der Waals surface area (Å²) in [4.78, 5) is 24.0. The Morgan fingerprint density at radius 3 is 2.62 bits per heavy atom. The largest absolute Gasteiger partial charge is 0.479 e. The summed E-state index contributed by atoms with van der Waals surface area (Å²) >= 11 is 0. The topological polar surface area (TPSA) is 114 Å². The van der Waals surface area contributed by atoms with Gasteiger partial charge in [-0.2, -0.15) is 0 Å². The van der Waals surface area contributed by atoms with E-state index in [1.54, 1.807) is 0 Å². The van der Waals surface area contributed by atoms with Gasteiger partial charge in [0.1, 0.15) is 6.20 Å². The Morgan fingerprint density at radius 2 is 2.25 bits per heavy atom. The molecule has 16 heavy (non-hydrogen) atoms. The second-order valence-electron chi connectivity index (χ2n) is 3.52. The standard InChI is InChI=1S/C9H10N2O5/c1-9(14,8(12)13)4-6-2-3-7(5-10-6)11(15)16/h2-3,5,14H,4H2,1H3,(H,12,13). The number of hydrogen-bond acceptors (Lipinski definition) is 5.